The number of unbranched alkanes of at least 4 members (excludes halogenated alkanes) is 1. The molecule has 1 aromatic carbocycles. The Kier molecular flexibility index (Phi) is 9.08. The fourth-order valence-corrected chi connectivity index (χ4v) is 6.16. The highest BCUT2D eigenvalue weighted by Crippen LogP contribution is 2.37. The lowest BCUT2D eigenvalue weighted by Gasteiger charge is -2.37. The number of benzene rings is 1. The van der Waals surface area contributed by atoms with E-state index >= 15 is 0 Å². The summed E-state index contributed by atoms with van der Waals surface area (Å²) in [5.74, 6) is 0.658. The number of thiocarbonyl (C=S) groups is 1. The van der Waals surface area contributed by atoms with Crippen molar-refractivity contribution in [1.82, 2.24) is 14.4 Å². The van der Waals surface area contributed by atoms with Crippen molar-refractivity contribution in [2.24, 2.45) is 0 Å². The summed E-state index contributed by atoms with van der Waals surface area (Å²) in [7, 11) is 0. The Labute approximate surface area is 234 Å². The van der Waals surface area contributed by atoms with Gasteiger partial charge in [0.2, 0.25) is 0 Å². The number of aryl methyl sites for hydroxylation is 1. The number of nitrogens with zero attached hydrogens (tertiary/aromatic N) is 5. The molecule has 7 nitrogen and oxygen atoms in total. The maximum Gasteiger partial charge on any atom is 0.270 e. The molecule has 200 valence electrons. The third-order valence-corrected chi connectivity index (χ3v) is 8.69. The Morgan fingerprint density at radius 1 is 1.08 bits per heavy atom. The monoisotopic (exact) mass is 549 g/mol. The number of nitriles is 1. The van der Waals surface area contributed by atoms with E-state index in [0.29, 0.717) is 27.9 Å². The summed E-state index contributed by atoms with van der Waals surface area (Å²) in [6, 6.07) is 10.2. The molecule has 0 aliphatic carbocycles. The SMILES string of the molecule is CCCCn1c(N2CCN(CC)CC2)c(/C=C2/SC(=S)N(Cc3ccc(C)cc3)C2=O)c(C)c(C#N)c1=O. The molecule has 1 aromatic heterocycles. The molecule has 0 bridgehead atoms. The minimum Gasteiger partial charge on any atom is -0.355 e. The molecule has 0 radical (unpaired) electrons. The third-order valence-electron chi connectivity index (χ3n) is 7.31. The summed E-state index contributed by atoms with van der Waals surface area (Å²) in [5.41, 5.74) is 3.43. The van der Waals surface area contributed by atoms with Gasteiger partial charge in [0.05, 0.1) is 11.4 Å². The van der Waals surface area contributed by atoms with E-state index in [1.54, 1.807) is 9.47 Å². The molecule has 9 heteroatoms. The van der Waals surface area contributed by atoms with E-state index in [9.17, 15) is 14.9 Å². The van der Waals surface area contributed by atoms with Gasteiger partial charge in [0.25, 0.3) is 11.5 Å². The number of aromatic nitrogens is 1. The highest BCUT2D eigenvalue weighted by Gasteiger charge is 2.33. The van der Waals surface area contributed by atoms with Crippen molar-refractivity contribution < 1.29 is 4.79 Å². The van der Waals surface area contributed by atoms with Gasteiger partial charge in [-0.25, -0.2) is 0 Å². The van der Waals surface area contributed by atoms with Crippen LogP contribution in [0.5, 0.6) is 0 Å². The molecule has 2 aromatic rings. The van der Waals surface area contributed by atoms with Crippen molar-refractivity contribution in [3.05, 3.63) is 67.3 Å². The zero-order valence-electron chi connectivity index (χ0n) is 22.6. The molecular formula is C29H35N5O2S2. The smallest absolute Gasteiger partial charge is 0.270 e. The Morgan fingerprint density at radius 2 is 1.76 bits per heavy atom. The molecule has 38 heavy (non-hydrogen) atoms. The van der Waals surface area contributed by atoms with E-state index in [1.807, 2.05) is 44.2 Å². The molecule has 1 amide bonds. The summed E-state index contributed by atoms with van der Waals surface area (Å²) in [4.78, 5) is 33.8. The minimum absolute atomic E-state index is 0.137. The fraction of sp³-hybridized carbons (Fsp3) is 0.448. The zero-order chi connectivity index (χ0) is 27.4. The van der Waals surface area contributed by atoms with Crippen molar-refractivity contribution >= 4 is 46.1 Å². The quantitative estimate of drug-likeness (QED) is 0.350. The summed E-state index contributed by atoms with van der Waals surface area (Å²) in [5, 5.41) is 9.92. The highest BCUT2D eigenvalue weighted by molar-refractivity contribution is 8.26. The topological polar surface area (TPSA) is 72.6 Å². The van der Waals surface area contributed by atoms with Crippen molar-refractivity contribution in [2.45, 2.75) is 53.6 Å². The first-order valence-electron chi connectivity index (χ1n) is 13.2. The van der Waals surface area contributed by atoms with Gasteiger partial charge in [0.15, 0.2) is 0 Å². The molecule has 0 atom stereocenters. The van der Waals surface area contributed by atoms with Crippen molar-refractivity contribution in [3.63, 3.8) is 0 Å². The Hall–Kier alpha value is -2.93. The molecule has 4 rings (SSSR count). The molecule has 2 aliphatic heterocycles. The Morgan fingerprint density at radius 3 is 2.37 bits per heavy atom. The van der Waals surface area contributed by atoms with Gasteiger partial charge >= 0.3 is 0 Å². The van der Waals surface area contributed by atoms with Crippen LogP contribution in [-0.2, 0) is 17.9 Å². The third kappa shape index (κ3) is 5.73. The average molecular weight is 550 g/mol. The lowest BCUT2D eigenvalue weighted by molar-refractivity contribution is -0.122. The van der Waals surface area contributed by atoms with Crippen LogP contribution in [-0.4, -0.2) is 57.3 Å². The second-order valence-electron chi connectivity index (χ2n) is 9.83. The standard InChI is InChI=1S/C29H35N5O2S2/c1-5-7-12-33-26(32-15-13-31(6-2)14-16-32)23(21(4)24(18-30)27(33)35)17-25-28(36)34(29(37)38-25)19-22-10-8-20(3)9-11-22/h8-11,17H,5-7,12-16,19H2,1-4H3/b25-17+. The van der Waals surface area contributed by atoms with Gasteiger partial charge in [-0.05, 0) is 44.0 Å². The molecule has 2 fully saturated rings. The van der Waals surface area contributed by atoms with Crippen LogP contribution < -0.4 is 10.5 Å². The molecule has 2 saturated heterocycles. The van der Waals surface area contributed by atoms with E-state index < -0.39 is 0 Å². The van der Waals surface area contributed by atoms with Gasteiger partial charge in [-0.2, -0.15) is 5.26 Å². The van der Waals surface area contributed by atoms with Crippen molar-refractivity contribution in [2.75, 3.05) is 37.6 Å². The van der Waals surface area contributed by atoms with E-state index in [2.05, 4.69) is 29.7 Å². The van der Waals surface area contributed by atoms with Gasteiger partial charge in [0.1, 0.15) is 21.8 Å². The fourth-order valence-electron chi connectivity index (χ4n) is 4.93. The number of carbonyl (C=O) groups excluding carboxylic acids is 1. The Balaban J connectivity index is 1.79. The number of carbonyl (C=O) groups is 1. The second kappa shape index (κ2) is 12.3. The lowest BCUT2D eigenvalue weighted by Crippen LogP contribution is -2.48. The van der Waals surface area contributed by atoms with Crippen LogP contribution in [0.3, 0.4) is 0 Å². The van der Waals surface area contributed by atoms with Crippen LogP contribution in [0.1, 0.15) is 54.5 Å². The van der Waals surface area contributed by atoms with Crippen LogP contribution in [0, 0.1) is 25.2 Å². The molecule has 2 aliphatic rings. The predicted molar refractivity (Wildman–Crippen MR) is 159 cm³/mol. The minimum atomic E-state index is -0.254. The van der Waals surface area contributed by atoms with Crippen LogP contribution >= 0.6 is 24.0 Å². The van der Waals surface area contributed by atoms with E-state index in [0.717, 1.165) is 68.1 Å². The second-order valence-corrected chi connectivity index (χ2v) is 11.5. The number of thioether (sulfide) groups is 1. The summed E-state index contributed by atoms with van der Waals surface area (Å²) < 4.78 is 2.27. The van der Waals surface area contributed by atoms with Gasteiger partial charge in [-0.1, -0.05) is 74.1 Å². The molecule has 0 spiro atoms. The number of anilines is 1. The van der Waals surface area contributed by atoms with Crippen LogP contribution in [0.25, 0.3) is 6.08 Å². The number of amides is 1. The number of hydrogen-bond acceptors (Lipinski definition) is 7. The number of piperazine rings is 1. The number of hydrogen-bond donors (Lipinski definition) is 0. The number of likely N-dealkylation sites (N-methyl/N-ethyl adjacent to an activating group) is 1. The molecule has 3 heterocycles. The first-order chi connectivity index (χ1) is 18.3. The summed E-state index contributed by atoms with van der Waals surface area (Å²) in [6.07, 6.45) is 3.61. The van der Waals surface area contributed by atoms with Gasteiger partial charge in [-0.15, -0.1) is 0 Å². The van der Waals surface area contributed by atoms with Gasteiger partial charge in [-0.3, -0.25) is 19.1 Å². The molecule has 0 saturated carbocycles. The first-order valence-corrected chi connectivity index (χ1v) is 14.5. The number of pyridine rings is 1. The summed E-state index contributed by atoms with van der Waals surface area (Å²) in [6.45, 7) is 13.4. The van der Waals surface area contributed by atoms with Crippen LogP contribution in [0.15, 0.2) is 34.0 Å². The molecule has 0 unspecified atom stereocenters. The van der Waals surface area contributed by atoms with Gasteiger partial charge in [0, 0.05) is 38.3 Å². The van der Waals surface area contributed by atoms with Crippen LogP contribution in [0.4, 0.5) is 5.82 Å². The van der Waals surface area contributed by atoms with E-state index in [4.69, 9.17) is 12.2 Å². The highest BCUT2D eigenvalue weighted by atomic mass is 32.2. The summed E-state index contributed by atoms with van der Waals surface area (Å²) >= 11 is 6.89. The lowest BCUT2D eigenvalue weighted by atomic mass is 10.0. The van der Waals surface area contributed by atoms with Crippen molar-refractivity contribution in [1.29, 1.82) is 5.26 Å². The maximum absolute atomic E-state index is 13.5. The van der Waals surface area contributed by atoms with E-state index in [-0.39, 0.29) is 17.0 Å². The first kappa shape index (κ1) is 28.1. The molecule has 0 N–H and O–H groups in total. The van der Waals surface area contributed by atoms with Gasteiger partial charge < -0.3 is 9.80 Å². The Bertz CT molecular complexity index is 1350. The normalized spacial score (nSPS) is 17.5. The maximum atomic E-state index is 13.5. The number of rotatable bonds is 8. The largest absolute Gasteiger partial charge is 0.355 e. The molecular weight excluding hydrogens is 514 g/mol. The average Bonchev–Trinajstić information content (AvgIpc) is 3.18. The van der Waals surface area contributed by atoms with Crippen LogP contribution in [0.2, 0.25) is 0 Å². The predicted octanol–water partition coefficient (Wildman–Crippen LogP) is 4.68. The zero-order valence-corrected chi connectivity index (χ0v) is 24.3. The van der Waals surface area contributed by atoms with Crippen molar-refractivity contribution in [3.8, 4) is 6.07 Å². The van der Waals surface area contributed by atoms with E-state index in [1.165, 1.54) is 11.8 Å².